The largest absolute Gasteiger partial charge is 0.337 e. The van der Waals surface area contributed by atoms with Crippen molar-refractivity contribution in [3.63, 3.8) is 0 Å². The Hall–Kier alpha value is -3.85. The number of hydrogen-bond acceptors (Lipinski definition) is 5. The van der Waals surface area contributed by atoms with E-state index >= 15 is 0 Å². The van der Waals surface area contributed by atoms with Crippen molar-refractivity contribution in [2.45, 2.75) is 6.54 Å². The second kappa shape index (κ2) is 10.6. The van der Waals surface area contributed by atoms with Crippen LogP contribution in [0.15, 0.2) is 66.9 Å². The lowest BCUT2D eigenvalue weighted by molar-refractivity contribution is -0.127. The first-order chi connectivity index (χ1) is 16.0. The number of aromatic nitrogens is 3. The van der Waals surface area contributed by atoms with E-state index in [-0.39, 0.29) is 18.4 Å². The molecule has 0 atom stereocenters. The minimum atomic E-state index is -0.397. The zero-order valence-electron chi connectivity index (χ0n) is 18.1. The summed E-state index contributed by atoms with van der Waals surface area (Å²) in [5.41, 5.74) is 2.17. The summed E-state index contributed by atoms with van der Waals surface area (Å²) in [6.45, 7) is 3.03. The third kappa shape index (κ3) is 6.56. The second-order valence-electron chi connectivity index (χ2n) is 7.82. The molecule has 1 N–H and O–H groups in total. The zero-order valence-corrected chi connectivity index (χ0v) is 18.1. The smallest absolute Gasteiger partial charge is 0.246 e. The van der Waals surface area contributed by atoms with Gasteiger partial charge in [0, 0.05) is 37.9 Å². The normalized spacial score (nSPS) is 14.5. The number of carbonyl (C=O) groups is 2. The molecule has 1 aliphatic heterocycles. The molecule has 170 valence electrons. The van der Waals surface area contributed by atoms with E-state index in [1.165, 1.54) is 18.2 Å². The number of amides is 2. The van der Waals surface area contributed by atoms with Gasteiger partial charge in [0.25, 0.3) is 0 Å². The number of benzene rings is 2. The Morgan fingerprint density at radius 1 is 1.03 bits per heavy atom. The fourth-order valence-corrected chi connectivity index (χ4v) is 3.60. The number of halogens is 1. The van der Waals surface area contributed by atoms with Crippen LogP contribution in [-0.2, 0) is 16.1 Å². The molecule has 1 aromatic heterocycles. The number of rotatable bonds is 7. The summed E-state index contributed by atoms with van der Waals surface area (Å²) in [6.07, 6.45) is 4.96. The maximum absolute atomic E-state index is 13.2. The molecule has 0 saturated carbocycles. The quantitative estimate of drug-likeness (QED) is 0.561. The molecule has 1 saturated heterocycles. The van der Waals surface area contributed by atoms with Crippen molar-refractivity contribution in [2.75, 3.05) is 38.0 Å². The van der Waals surface area contributed by atoms with Gasteiger partial charge in [-0.2, -0.15) is 0 Å². The monoisotopic (exact) mass is 448 g/mol. The molecule has 0 aliphatic carbocycles. The Morgan fingerprint density at radius 2 is 1.82 bits per heavy atom. The first-order valence-corrected chi connectivity index (χ1v) is 10.7. The molecular weight excluding hydrogens is 423 g/mol. The molecule has 0 radical (unpaired) electrons. The highest BCUT2D eigenvalue weighted by molar-refractivity contribution is 5.92. The predicted molar refractivity (Wildman–Crippen MR) is 123 cm³/mol. The first-order valence-electron chi connectivity index (χ1n) is 10.7. The van der Waals surface area contributed by atoms with Crippen molar-refractivity contribution in [3.05, 3.63) is 83.9 Å². The van der Waals surface area contributed by atoms with Crippen LogP contribution < -0.4 is 5.32 Å². The van der Waals surface area contributed by atoms with Crippen LogP contribution >= 0.6 is 0 Å². The van der Waals surface area contributed by atoms with Gasteiger partial charge >= 0.3 is 0 Å². The van der Waals surface area contributed by atoms with Gasteiger partial charge in [-0.05, 0) is 29.8 Å². The van der Waals surface area contributed by atoms with Crippen LogP contribution in [0, 0.1) is 5.82 Å². The summed E-state index contributed by atoms with van der Waals surface area (Å²) >= 11 is 0. The molecule has 1 fully saturated rings. The van der Waals surface area contributed by atoms with Crippen molar-refractivity contribution in [3.8, 4) is 0 Å². The van der Waals surface area contributed by atoms with Crippen LogP contribution in [0.25, 0.3) is 6.08 Å². The molecule has 9 heteroatoms. The molecule has 33 heavy (non-hydrogen) atoms. The van der Waals surface area contributed by atoms with Crippen LogP contribution in [0.3, 0.4) is 0 Å². The van der Waals surface area contributed by atoms with Gasteiger partial charge in [0.15, 0.2) is 0 Å². The van der Waals surface area contributed by atoms with Gasteiger partial charge < -0.3 is 10.2 Å². The highest BCUT2D eigenvalue weighted by atomic mass is 19.1. The molecule has 0 unspecified atom stereocenters. The number of anilines is 1. The second-order valence-corrected chi connectivity index (χ2v) is 7.82. The molecule has 0 spiro atoms. The molecule has 2 amide bonds. The molecule has 8 nitrogen and oxygen atoms in total. The van der Waals surface area contributed by atoms with Crippen LogP contribution in [0.1, 0.15) is 11.3 Å². The Balaban J connectivity index is 1.21. The highest BCUT2D eigenvalue weighted by Gasteiger charge is 2.21. The Kier molecular flexibility index (Phi) is 7.21. The lowest BCUT2D eigenvalue weighted by Gasteiger charge is -2.33. The maximum Gasteiger partial charge on any atom is 0.246 e. The third-order valence-corrected chi connectivity index (χ3v) is 5.30. The third-order valence-electron chi connectivity index (χ3n) is 5.30. The number of piperazine rings is 1. The van der Waals surface area contributed by atoms with Crippen molar-refractivity contribution in [1.29, 1.82) is 0 Å². The van der Waals surface area contributed by atoms with Gasteiger partial charge in [-0.25, -0.2) is 9.07 Å². The minimum absolute atomic E-state index is 0.100. The summed E-state index contributed by atoms with van der Waals surface area (Å²) < 4.78 is 15.0. The van der Waals surface area contributed by atoms with E-state index in [1.54, 1.807) is 34.0 Å². The van der Waals surface area contributed by atoms with Gasteiger partial charge in [0.1, 0.15) is 11.5 Å². The van der Waals surface area contributed by atoms with E-state index in [0.717, 1.165) is 5.56 Å². The molecule has 3 aromatic rings. The molecular formula is C24H25FN6O2. The van der Waals surface area contributed by atoms with Gasteiger partial charge in [0.05, 0.1) is 19.3 Å². The van der Waals surface area contributed by atoms with Gasteiger partial charge in [0.2, 0.25) is 11.8 Å². The van der Waals surface area contributed by atoms with Gasteiger partial charge in [-0.15, -0.1) is 5.10 Å². The average Bonchev–Trinajstić information content (AvgIpc) is 3.26. The van der Waals surface area contributed by atoms with E-state index in [1.807, 2.05) is 35.2 Å². The fraction of sp³-hybridized carbons (Fsp3) is 0.250. The predicted octanol–water partition coefficient (Wildman–Crippen LogP) is 2.26. The Labute approximate surface area is 191 Å². The fourth-order valence-electron chi connectivity index (χ4n) is 3.60. The standard InChI is InChI=1S/C24H25FN6O2/c25-20-7-4-8-21(15-20)26-23(32)18-29-11-13-30(14-12-29)24(33)10-9-22-17-31(28-27-22)16-19-5-2-1-3-6-19/h1-10,15,17H,11-14,16,18H2,(H,26,32)/b10-9+. The summed E-state index contributed by atoms with van der Waals surface area (Å²) in [6, 6.07) is 15.7. The zero-order chi connectivity index (χ0) is 23.0. The van der Waals surface area contributed by atoms with Crippen molar-refractivity contribution < 1.29 is 14.0 Å². The average molecular weight is 449 g/mol. The SMILES string of the molecule is O=C(CN1CCN(C(=O)/C=C/c2cn(Cc3ccccc3)nn2)CC1)Nc1cccc(F)c1. The molecule has 4 rings (SSSR count). The van der Waals surface area contributed by atoms with Crippen molar-refractivity contribution in [1.82, 2.24) is 24.8 Å². The minimum Gasteiger partial charge on any atom is -0.337 e. The molecule has 0 bridgehead atoms. The summed E-state index contributed by atoms with van der Waals surface area (Å²) in [5, 5.41) is 10.9. The highest BCUT2D eigenvalue weighted by Crippen LogP contribution is 2.10. The van der Waals surface area contributed by atoms with Crippen LogP contribution in [-0.4, -0.2) is 69.3 Å². The van der Waals surface area contributed by atoms with Crippen molar-refractivity contribution in [2.24, 2.45) is 0 Å². The topological polar surface area (TPSA) is 83.4 Å². The van der Waals surface area contributed by atoms with Crippen LogP contribution in [0.5, 0.6) is 0 Å². The Bertz CT molecular complexity index is 1120. The Morgan fingerprint density at radius 3 is 2.58 bits per heavy atom. The number of carbonyl (C=O) groups excluding carboxylic acids is 2. The lowest BCUT2D eigenvalue weighted by atomic mass is 10.2. The first kappa shape index (κ1) is 22.3. The molecule has 2 heterocycles. The van der Waals surface area contributed by atoms with Crippen LogP contribution in [0.2, 0.25) is 0 Å². The number of nitrogens with zero attached hydrogens (tertiary/aromatic N) is 5. The number of hydrogen-bond donors (Lipinski definition) is 1. The van der Waals surface area contributed by atoms with Gasteiger partial charge in [-0.3, -0.25) is 14.5 Å². The van der Waals surface area contributed by atoms with Crippen molar-refractivity contribution >= 4 is 23.6 Å². The van der Waals surface area contributed by atoms with E-state index < -0.39 is 5.82 Å². The van der Waals surface area contributed by atoms with E-state index in [4.69, 9.17) is 0 Å². The summed E-state index contributed by atoms with van der Waals surface area (Å²) in [5.74, 6) is -0.706. The van der Waals surface area contributed by atoms with E-state index in [0.29, 0.717) is 44.1 Å². The van der Waals surface area contributed by atoms with E-state index in [9.17, 15) is 14.0 Å². The summed E-state index contributed by atoms with van der Waals surface area (Å²) in [4.78, 5) is 28.4. The van der Waals surface area contributed by atoms with E-state index in [2.05, 4.69) is 15.6 Å². The maximum atomic E-state index is 13.2. The molecule has 2 aromatic carbocycles. The number of nitrogens with one attached hydrogen (secondary N) is 1. The summed E-state index contributed by atoms with van der Waals surface area (Å²) in [7, 11) is 0. The van der Waals surface area contributed by atoms with Gasteiger partial charge in [-0.1, -0.05) is 41.6 Å². The van der Waals surface area contributed by atoms with Crippen LogP contribution in [0.4, 0.5) is 10.1 Å². The molecule has 1 aliphatic rings. The lowest BCUT2D eigenvalue weighted by Crippen LogP contribution is -2.50.